The Morgan fingerprint density at radius 2 is 2.00 bits per heavy atom. The molecule has 1 aliphatic heterocycles. The van der Waals surface area contributed by atoms with Crippen LogP contribution < -0.4 is 4.90 Å². The Balaban J connectivity index is 1.84. The Labute approximate surface area is 148 Å². The van der Waals surface area contributed by atoms with Gasteiger partial charge in [-0.1, -0.05) is 18.6 Å². The largest absolute Gasteiger partial charge is 0.297 e. The average Bonchev–Trinajstić information content (AvgIpc) is 3.00. The number of anilines is 2. The lowest BCUT2D eigenvalue weighted by molar-refractivity contribution is -0.115. The van der Waals surface area contributed by atoms with Crippen molar-refractivity contribution in [1.29, 1.82) is 0 Å². The van der Waals surface area contributed by atoms with Crippen LogP contribution >= 0.6 is 11.3 Å². The van der Waals surface area contributed by atoms with E-state index >= 15 is 0 Å². The van der Waals surface area contributed by atoms with Crippen LogP contribution in [0.25, 0.3) is 0 Å². The molecule has 1 saturated heterocycles. The van der Waals surface area contributed by atoms with Gasteiger partial charge in [0.25, 0.3) is 0 Å². The monoisotopic (exact) mass is 343 g/mol. The minimum absolute atomic E-state index is 0.00238. The first kappa shape index (κ1) is 17.1. The Bertz CT molecular complexity index is 719. The average molecular weight is 343 g/mol. The van der Waals surface area contributed by atoms with E-state index in [0.717, 1.165) is 41.7 Å². The lowest BCUT2D eigenvalue weighted by Gasteiger charge is -2.25. The van der Waals surface area contributed by atoms with Crippen molar-refractivity contribution in [2.45, 2.75) is 46.6 Å². The molecule has 2 heterocycles. The van der Waals surface area contributed by atoms with Crippen LogP contribution in [0.3, 0.4) is 0 Å². The van der Waals surface area contributed by atoms with E-state index in [1.54, 1.807) is 23.2 Å². The highest BCUT2D eigenvalue weighted by molar-refractivity contribution is 7.14. The molecule has 0 saturated carbocycles. The smallest absolute Gasteiger partial charge is 0.230 e. The number of aromatic nitrogens is 1. The molecule has 1 aromatic heterocycles. The van der Waals surface area contributed by atoms with Gasteiger partial charge in [-0.2, -0.15) is 0 Å². The normalized spacial score (nSPS) is 15.5. The van der Waals surface area contributed by atoms with Crippen molar-refractivity contribution in [2.75, 3.05) is 18.0 Å². The fourth-order valence-electron chi connectivity index (χ4n) is 3.20. The molecular weight excluding hydrogens is 318 g/mol. The number of carbonyl (C=O) groups is 1. The number of nitrogens with zero attached hydrogens (tertiary/aromatic N) is 3. The Hall–Kier alpha value is -1.72. The molecule has 4 nitrogen and oxygen atoms in total. The molecule has 0 radical (unpaired) electrons. The SMILES string of the molecule is CC(=O)N(c1nc(CN2CCCCC2)cs1)c1cccc(C)c1C. The van der Waals surface area contributed by atoms with Crippen molar-refractivity contribution in [3.8, 4) is 0 Å². The second kappa shape index (κ2) is 7.45. The Kier molecular flexibility index (Phi) is 5.31. The molecule has 0 unspecified atom stereocenters. The molecule has 0 aliphatic carbocycles. The van der Waals surface area contributed by atoms with Crippen LogP contribution in [0, 0.1) is 13.8 Å². The van der Waals surface area contributed by atoms with Gasteiger partial charge in [-0.15, -0.1) is 11.3 Å². The van der Waals surface area contributed by atoms with Gasteiger partial charge in [0, 0.05) is 18.8 Å². The quantitative estimate of drug-likeness (QED) is 0.824. The summed E-state index contributed by atoms with van der Waals surface area (Å²) in [5, 5.41) is 2.86. The van der Waals surface area contributed by atoms with E-state index in [-0.39, 0.29) is 5.91 Å². The van der Waals surface area contributed by atoms with Crippen LogP contribution in [-0.4, -0.2) is 28.9 Å². The fraction of sp³-hybridized carbons (Fsp3) is 0.474. The third-order valence-electron chi connectivity index (χ3n) is 4.70. The van der Waals surface area contributed by atoms with Crippen molar-refractivity contribution in [2.24, 2.45) is 0 Å². The number of thiazole rings is 1. The fourth-order valence-corrected chi connectivity index (χ4v) is 4.07. The molecule has 1 fully saturated rings. The first-order chi connectivity index (χ1) is 11.6. The van der Waals surface area contributed by atoms with Gasteiger partial charge in [-0.3, -0.25) is 14.6 Å². The van der Waals surface area contributed by atoms with Crippen molar-refractivity contribution in [3.05, 3.63) is 40.4 Å². The zero-order valence-corrected chi connectivity index (χ0v) is 15.5. The summed E-state index contributed by atoms with van der Waals surface area (Å²) < 4.78 is 0. The number of aryl methyl sites for hydroxylation is 1. The van der Waals surface area contributed by atoms with Gasteiger partial charge in [0.1, 0.15) is 0 Å². The molecule has 1 aliphatic rings. The van der Waals surface area contributed by atoms with Crippen LogP contribution in [0.2, 0.25) is 0 Å². The second-order valence-corrected chi connectivity index (χ2v) is 7.37. The number of hydrogen-bond acceptors (Lipinski definition) is 4. The van der Waals surface area contributed by atoms with E-state index in [1.165, 1.54) is 24.8 Å². The zero-order chi connectivity index (χ0) is 17.1. The summed E-state index contributed by atoms with van der Waals surface area (Å²) in [5.41, 5.74) is 4.30. The van der Waals surface area contributed by atoms with E-state index in [9.17, 15) is 4.79 Å². The van der Waals surface area contributed by atoms with Crippen LogP contribution in [0.5, 0.6) is 0 Å². The van der Waals surface area contributed by atoms with Crippen molar-refractivity contribution in [3.63, 3.8) is 0 Å². The van der Waals surface area contributed by atoms with E-state index in [1.807, 2.05) is 12.1 Å². The molecule has 0 spiro atoms. The molecule has 0 N–H and O–H groups in total. The first-order valence-corrected chi connectivity index (χ1v) is 9.48. The molecule has 1 amide bonds. The highest BCUT2D eigenvalue weighted by atomic mass is 32.1. The highest BCUT2D eigenvalue weighted by Crippen LogP contribution is 2.32. The topological polar surface area (TPSA) is 36.4 Å². The summed E-state index contributed by atoms with van der Waals surface area (Å²) >= 11 is 1.55. The third-order valence-corrected chi connectivity index (χ3v) is 5.57. The molecule has 5 heteroatoms. The van der Waals surface area contributed by atoms with Gasteiger partial charge in [0.15, 0.2) is 5.13 Å². The highest BCUT2D eigenvalue weighted by Gasteiger charge is 2.21. The third kappa shape index (κ3) is 3.68. The number of likely N-dealkylation sites (tertiary alicyclic amines) is 1. The van der Waals surface area contributed by atoms with E-state index < -0.39 is 0 Å². The van der Waals surface area contributed by atoms with Crippen molar-refractivity contribution in [1.82, 2.24) is 9.88 Å². The summed E-state index contributed by atoms with van der Waals surface area (Å²) in [6.45, 7) is 8.92. The molecule has 1 aromatic carbocycles. The molecule has 0 bridgehead atoms. The lowest BCUT2D eigenvalue weighted by Crippen LogP contribution is -2.29. The molecule has 24 heavy (non-hydrogen) atoms. The van der Waals surface area contributed by atoms with Gasteiger partial charge in [-0.05, 0) is 57.0 Å². The summed E-state index contributed by atoms with van der Waals surface area (Å²) in [6.07, 6.45) is 3.89. The molecule has 128 valence electrons. The van der Waals surface area contributed by atoms with E-state index in [2.05, 4.69) is 30.2 Å². The van der Waals surface area contributed by atoms with Gasteiger partial charge in [0.2, 0.25) is 5.91 Å². The predicted octanol–water partition coefficient (Wildman–Crippen LogP) is 4.43. The van der Waals surface area contributed by atoms with Crippen LogP contribution in [0.1, 0.15) is 43.0 Å². The summed E-state index contributed by atoms with van der Waals surface area (Å²) in [4.78, 5) is 21.2. The maximum Gasteiger partial charge on any atom is 0.230 e. The Morgan fingerprint density at radius 3 is 2.71 bits per heavy atom. The van der Waals surface area contributed by atoms with Gasteiger partial charge < -0.3 is 0 Å². The minimum atomic E-state index is 0.00238. The standard InChI is InChI=1S/C19H25N3OS/c1-14-8-7-9-18(15(14)2)22(16(3)23)19-20-17(13-24-19)12-21-10-5-4-6-11-21/h7-9,13H,4-6,10-12H2,1-3H3. The number of carbonyl (C=O) groups excluding carboxylic acids is 1. The van der Waals surface area contributed by atoms with Crippen molar-refractivity contribution >= 4 is 28.1 Å². The molecule has 3 rings (SSSR count). The summed E-state index contributed by atoms with van der Waals surface area (Å²) in [7, 11) is 0. The molecule has 2 aromatic rings. The van der Waals surface area contributed by atoms with E-state index in [0.29, 0.717) is 0 Å². The number of rotatable bonds is 4. The second-order valence-electron chi connectivity index (χ2n) is 6.53. The number of benzene rings is 1. The van der Waals surface area contributed by atoms with E-state index in [4.69, 9.17) is 4.98 Å². The minimum Gasteiger partial charge on any atom is -0.297 e. The van der Waals surface area contributed by atoms with Gasteiger partial charge in [0.05, 0.1) is 11.4 Å². The Morgan fingerprint density at radius 1 is 1.25 bits per heavy atom. The van der Waals surface area contributed by atoms with Crippen LogP contribution in [0.4, 0.5) is 10.8 Å². The maximum absolute atomic E-state index is 12.3. The predicted molar refractivity (Wildman–Crippen MR) is 100.0 cm³/mol. The van der Waals surface area contributed by atoms with Crippen LogP contribution in [-0.2, 0) is 11.3 Å². The van der Waals surface area contributed by atoms with Crippen LogP contribution in [0.15, 0.2) is 23.6 Å². The number of hydrogen-bond donors (Lipinski definition) is 0. The summed E-state index contributed by atoms with van der Waals surface area (Å²) in [6, 6.07) is 6.06. The molecule has 0 atom stereocenters. The number of amides is 1. The lowest BCUT2D eigenvalue weighted by atomic mass is 10.1. The first-order valence-electron chi connectivity index (χ1n) is 8.60. The van der Waals surface area contributed by atoms with Gasteiger partial charge in [-0.25, -0.2) is 4.98 Å². The number of piperidine rings is 1. The van der Waals surface area contributed by atoms with Gasteiger partial charge >= 0.3 is 0 Å². The maximum atomic E-state index is 12.3. The zero-order valence-electron chi connectivity index (χ0n) is 14.7. The summed E-state index contributed by atoms with van der Waals surface area (Å²) in [5.74, 6) is 0.00238. The molecular formula is C19H25N3OS. The van der Waals surface area contributed by atoms with Crippen molar-refractivity contribution < 1.29 is 4.79 Å².